The molecule has 1 aromatic carbocycles. The predicted octanol–water partition coefficient (Wildman–Crippen LogP) is 4.75. The molecule has 0 aliphatic carbocycles. The number of fused-ring (bicyclic) bond motifs is 1. The van der Waals surface area contributed by atoms with E-state index in [1.165, 1.54) is 0 Å². The number of aromatic nitrogens is 4. The van der Waals surface area contributed by atoms with Crippen LogP contribution < -0.4 is 5.32 Å². The first-order valence-corrected chi connectivity index (χ1v) is 10.9. The lowest BCUT2D eigenvalue weighted by Crippen LogP contribution is -2.22. The van der Waals surface area contributed by atoms with Gasteiger partial charge in [-0.3, -0.25) is 9.78 Å². The Bertz CT molecular complexity index is 1510. The Morgan fingerprint density at radius 3 is 2.35 bits per heavy atom. The second-order valence-corrected chi connectivity index (χ2v) is 7.73. The van der Waals surface area contributed by atoms with Crippen LogP contribution in [0.5, 0.6) is 0 Å². The van der Waals surface area contributed by atoms with Crippen LogP contribution in [-0.4, -0.2) is 42.3 Å². The molecular formula is C26H20F3N5O3. The summed E-state index contributed by atoms with van der Waals surface area (Å²) in [5.74, 6) is -2.89. The Balaban J connectivity index is 0.000000405. The monoisotopic (exact) mass is 507 g/mol. The number of carboxylic acid groups (broad SMARTS) is 1. The fraction of sp³-hybridized carbons (Fsp3) is 0.0769. The smallest absolute Gasteiger partial charge is 0.475 e. The number of aliphatic carboxylic acids is 1. The van der Waals surface area contributed by atoms with E-state index in [2.05, 4.69) is 10.3 Å². The highest BCUT2D eigenvalue weighted by atomic mass is 19.4. The number of carbonyl (C=O) groups excluding carboxylic acids is 1. The Morgan fingerprint density at radius 2 is 1.68 bits per heavy atom. The van der Waals surface area contributed by atoms with E-state index in [1.54, 1.807) is 12.4 Å². The van der Waals surface area contributed by atoms with E-state index in [0.717, 1.165) is 28.2 Å². The van der Waals surface area contributed by atoms with Crippen molar-refractivity contribution in [2.75, 3.05) is 0 Å². The van der Waals surface area contributed by atoms with Crippen LogP contribution in [0.3, 0.4) is 0 Å². The molecule has 0 unspecified atom stereocenters. The highest BCUT2D eigenvalue weighted by Crippen LogP contribution is 2.26. The first-order valence-electron chi connectivity index (χ1n) is 10.9. The Labute approximate surface area is 208 Å². The molecule has 5 aromatic rings. The Morgan fingerprint density at radius 1 is 0.946 bits per heavy atom. The zero-order chi connectivity index (χ0) is 26.4. The van der Waals surface area contributed by atoms with E-state index in [4.69, 9.17) is 15.0 Å². The molecule has 4 heterocycles. The van der Waals surface area contributed by atoms with Crippen molar-refractivity contribution in [1.29, 1.82) is 0 Å². The number of pyridine rings is 2. The van der Waals surface area contributed by atoms with Crippen molar-refractivity contribution in [3.8, 4) is 17.1 Å². The fourth-order valence-corrected chi connectivity index (χ4v) is 3.50. The summed E-state index contributed by atoms with van der Waals surface area (Å²) in [7, 11) is 0. The first kappa shape index (κ1) is 25.2. The number of benzene rings is 1. The number of carbonyl (C=O) groups is 2. The van der Waals surface area contributed by atoms with E-state index in [-0.39, 0.29) is 5.91 Å². The molecule has 1 amide bonds. The van der Waals surface area contributed by atoms with Gasteiger partial charge in [-0.15, -0.1) is 0 Å². The van der Waals surface area contributed by atoms with Crippen molar-refractivity contribution in [1.82, 2.24) is 24.5 Å². The molecule has 0 aliphatic heterocycles. The second-order valence-electron chi connectivity index (χ2n) is 7.73. The van der Waals surface area contributed by atoms with E-state index in [0.29, 0.717) is 12.1 Å². The molecule has 0 radical (unpaired) electrons. The average molecular weight is 507 g/mol. The van der Waals surface area contributed by atoms with Crippen molar-refractivity contribution in [2.24, 2.45) is 0 Å². The molecule has 37 heavy (non-hydrogen) atoms. The van der Waals surface area contributed by atoms with Gasteiger partial charge < -0.3 is 14.8 Å². The SMILES string of the molecule is O=C(NCc1cccnc1)c1cc(-c2ccn(-c3ccccc3)n2)n2ccccc12.O=C(O)C(F)(F)F. The molecule has 0 bridgehead atoms. The largest absolute Gasteiger partial charge is 0.490 e. The van der Waals surface area contributed by atoms with Crippen LogP contribution in [0.15, 0.2) is 97.6 Å². The van der Waals surface area contributed by atoms with Gasteiger partial charge in [0.1, 0.15) is 5.69 Å². The van der Waals surface area contributed by atoms with Crippen LogP contribution >= 0.6 is 0 Å². The highest BCUT2D eigenvalue weighted by molar-refractivity contribution is 6.02. The minimum Gasteiger partial charge on any atom is -0.475 e. The number of alkyl halides is 3. The van der Waals surface area contributed by atoms with Gasteiger partial charge in [0.15, 0.2) is 0 Å². The van der Waals surface area contributed by atoms with Crippen LogP contribution in [0.1, 0.15) is 15.9 Å². The maximum absolute atomic E-state index is 12.9. The molecule has 2 N–H and O–H groups in total. The summed E-state index contributed by atoms with van der Waals surface area (Å²) in [6.45, 7) is 0.425. The topological polar surface area (TPSA) is 102 Å². The van der Waals surface area contributed by atoms with Crippen molar-refractivity contribution >= 4 is 17.4 Å². The number of hydrogen-bond donors (Lipinski definition) is 2. The lowest BCUT2D eigenvalue weighted by molar-refractivity contribution is -0.192. The van der Waals surface area contributed by atoms with E-state index in [9.17, 15) is 18.0 Å². The normalized spacial score (nSPS) is 11.0. The summed E-state index contributed by atoms with van der Waals surface area (Å²) >= 11 is 0. The maximum Gasteiger partial charge on any atom is 0.490 e. The van der Waals surface area contributed by atoms with Gasteiger partial charge in [-0.1, -0.05) is 30.3 Å². The van der Waals surface area contributed by atoms with E-state index >= 15 is 0 Å². The van der Waals surface area contributed by atoms with Gasteiger partial charge in [-0.05, 0) is 48.0 Å². The summed E-state index contributed by atoms with van der Waals surface area (Å²) in [5, 5.41) is 14.8. The van der Waals surface area contributed by atoms with Crippen molar-refractivity contribution in [3.05, 3.63) is 109 Å². The summed E-state index contributed by atoms with van der Waals surface area (Å²) in [5.41, 5.74) is 5.06. The lowest BCUT2D eigenvalue weighted by atomic mass is 10.2. The van der Waals surface area contributed by atoms with Crippen LogP contribution in [-0.2, 0) is 11.3 Å². The Kier molecular flexibility index (Phi) is 7.33. The van der Waals surface area contributed by atoms with Gasteiger partial charge in [0.05, 0.1) is 22.5 Å². The summed E-state index contributed by atoms with van der Waals surface area (Å²) in [4.78, 5) is 25.9. The first-order chi connectivity index (χ1) is 17.7. The average Bonchev–Trinajstić information content (AvgIpc) is 3.54. The third-order valence-corrected chi connectivity index (χ3v) is 5.21. The summed E-state index contributed by atoms with van der Waals surface area (Å²) in [6.07, 6.45) is 2.26. The predicted molar refractivity (Wildman–Crippen MR) is 129 cm³/mol. The third-order valence-electron chi connectivity index (χ3n) is 5.21. The van der Waals surface area contributed by atoms with Crippen LogP contribution in [0.4, 0.5) is 13.2 Å². The number of nitrogens with one attached hydrogen (secondary N) is 1. The molecule has 5 rings (SSSR count). The van der Waals surface area contributed by atoms with E-state index < -0.39 is 12.1 Å². The van der Waals surface area contributed by atoms with E-state index in [1.807, 2.05) is 94.3 Å². The second kappa shape index (κ2) is 10.8. The number of hydrogen-bond acceptors (Lipinski definition) is 4. The van der Waals surface area contributed by atoms with Gasteiger partial charge in [0.2, 0.25) is 0 Å². The third kappa shape index (κ3) is 6.01. The summed E-state index contributed by atoms with van der Waals surface area (Å²) in [6, 6.07) is 23.4. The minimum atomic E-state index is -5.08. The molecule has 11 heteroatoms. The molecule has 4 aromatic heterocycles. The number of amides is 1. The maximum atomic E-state index is 12.9. The zero-order valence-electron chi connectivity index (χ0n) is 19.1. The molecular weight excluding hydrogens is 487 g/mol. The molecule has 0 saturated carbocycles. The number of halogens is 3. The standard InChI is InChI=1S/C24H19N5O.C2HF3O2/c30-24(26-17-18-7-6-12-25-16-18)20-15-23(28-13-5-4-10-22(20)28)21-11-14-29(27-21)19-8-2-1-3-9-19;3-2(4,5)1(6)7/h1-16H,17H2,(H,26,30);(H,6,7). The van der Waals surface area contributed by atoms with Crippen LogP contribution in [0.2, 0.25) is 0 Å². The van der Waals surface area contributed by atoms with Crippen molar-refractivity contribution in [3.63, 3.8) is 0 Å². The number of nitrogens with zero attached hydrogens (tertiary/aromatic N) is 4. The van der Waals surface area contributed by atoms with Gasteiger partial charge in [-0.25, -0.2) is 9.48 Å². The number of para-hydroxylation sites is 1. The van der Waals surface area contributed by atoms with Gasteiger partial charge in [0, 0.05) is 31.3 Å². The molecule has 0 atom stereocenters. The Hall–Kier alpha value is -4.93. The summed E-state index contributed by atoms with van der Waals surface area (Å²) < 4.78 is 35.6. The zero-order valence-corrected chi connectivity index (χ0v) is 19.1. The highest BCUT2D eigenvalue weighted by Gasteiger charge is 2.38. The van der Waals surface area contributed by atoms with Gasteiger partial charge >= 0.3 is 12.1 Å². The van der Waals surface area contributed by atoms with Crippen molar-refractivity contribution in [2.45, 2.75) is 12.7 Å². The lowest BCUT2D eigenvalue weighted by Gasteiger charge is -2.04. The van der Waals surface area contributed by atoms with Crippen LogP contribution in [0, 0.1) is 0 Å². The van der Waals surface area contributed by atoms with Gasteiger partial charge in [-0.2, -0.15) is 18.3 Å². The van der Waals surface area contributed by atoms with Crippen molar-refractivity contribution < 1.29 is 27.9 Å². The number of carboxylic acids is 1. The molecule has 188 valence electrons. The molecule has 0 spiro atoms. The van der Waals surface area contributed by atoms with Crippen LogP contribution in [0.25, 0.3) is 22.6 Å². The molecule has 8 nitrogen and oxygen atoms in total. The molecule has 0 aliphatic rings. The minimum absolute atomic E-state index is 0.128. The van der Waals surface area contributed by atoms with Gasteiger partial charge in [0.25, 0.3) is 5.91 Å². The fourth-order valence-electron chi connectivity index (χ4n) is 3.50. The molecule has 0 saturated heterocycles. The number of rotatable bonds is 5. The quantitative estimate of drug-likeness (QED) is 0.358. The molecule has 0 fully saturated rings.